The van der Waals surface area contributed by atoms with Crippen LogP contribution in [0.5, 0.6) is 0 Å². The normalized spacial score (nSPS) is 11.0. The molecule has 0 saturated carbocycles. The first kappa shape index (κ1) is 18.7. The van der Waals surface area contributed by atoms with Crippen molar-refractivity contribution in [3.05, 3.63) is 76.2 Å². The highest BCUT2D eigenvalue weighted by Crippen LogP contribution is 2.20. The number of rotatable bonds is 5. The number of aryl methyl sites for hydroxylation is 1. The third kappa shape index (κ3) is 4.56. The average Bonchev–Trinajstić information content (AvgIpc) is 2.65. The maximum Gasteiger partial charge on any atom is 0.319 e. The summed E-state index contributed by atoms with van der Waals surface area (Å²) in [5.74, 6) is 0.326. The van der Waals surface area contributed by atoms with E-state index in [0.29, 0.717) is 30.1 Å². The van der Waals surface area contributed by atoms with Crippen LogP contribution in [0.4, 0.5) is 10.5 Å². The summed E-state index contributed by atoms with van der Waals surface area (Å²) >= 11 is 0. The van der Waals surface area contributed by atoms with Gasteiger partial charge in [-0.15, -0.1) is 0 Å². The molecule has 0 unspecified atom stereocenters. The van der Waals surface area contributed by atoms with Gasteiger partial charge in [0.1, 0.15) is 0 Å². The maximum atomic E-state index is 12.7. The molecule has 3 aromatic rings. The first-order chi connectivity index (χ1) is 12.9. The molecule has 0 bridgehead atoms. The highest BCUT2D eigenvalue weighted by Gasteiger charge is 2.11. The molecule has 2 aromatic carbocycles. The largest absolute Gasteiger partial charge is 0.334 e. The lowest BCUT2D eigenvalue weighted by Gasteiger charge is -2.15. The summed E-state index contributed by atoms with van der Waals surface area (Å²) < 4.78 is 1.67. The van der Waals surface area contributed by atoms with E-state index in [1.807, 2.05) is 49.4 Å². The Kier molecular flexibility index (Phi) is 5.60. The molecular weight excluding hydrogens is 338 g/mol. The summed E-state index contributed by atoms with van der Waals surface area (Å²) in [7, 11) is 0. The number of hydrogen-bond donors (Lipinski definition) is 2. The predicted molar refractivity (Wildman–Crippen MR) is 110 cm³/mol. The van der Waals surface area contributed by atoms with Crippen LogP contribution in [0.1, 0.15) is 25.0 Å². The van der Waals surface area contributed by atoms with Crippen LogP contribution in [-0.4, -0.2) is 10.6 Å². The van der Waals surface area contributed by atoms with Crippen molar-refractivity contribution in [1.29, 1.82) is 0 Å². The summed E-state index contributed by atoms with van der Waals surface area (Å²) in [5.41, 5.74) is 2.81. The van der Waals surface area contributed by atoms with Gasteiger partial charge in [0, 0.05) is 30.1 Å². The van der Waals surface area contributed by atoms with Gasteiger partial charge in [0.05, 0.1) is 5.69 Å². The van der Waals surface area contributed by atoms with Crippen molar-refractivity contribution in [2.75, 3.05) is 5.32 Å². The van der Waals surface area contributed by atoms with Crippen molar-refractivity contribution < 1.29 is 4.79 Å². The molecule has 1 heterocycles. The van der Waals surface area contributed by atoms with Crippen LogP contribution in [0.15, 0.2) is 59.5 Å². The second-order valence-corrected chi connectivity index (χ2v) is 7.23. The van der Waals surface area contributed by atoms with E-state index in [-0.39, 0.29) is 11.6 Å². The van der Waals surface area contributed by atoms with E-state index in [0.717, 1.165) is 10.9 Å². The van der Waals surface area contributed by atoms with Crippen molar-refractivity contribution in [3.63, 3.8) is 0 Å². The number of aromatic nitrogens is 1. The molecule has 27 heavy (non-hydrogen) atoms. The van der Waals surface area contributed by atoms with E-state index in [2.05, 4.69) is 24.5 Å². The van der Waals surface area contributed by atoms with Crippen molar-refractivity contribution in [1.82, 2.24) is 9.88 Å². The Bertz CT molecular complexity index is 1000. The van der Waals surface area contributed by atoms with Gasteiger partial charge >= 0.3 is 6.03 Å². The Labute approximate surface area is 159 Å². The molecule has 0 atom stereocenters. The zero-order chi connectivity index (χ0) is 19.4. The number of fused-ring (bicyclic) bond motifs is 1. The Morgan fingerprint density at radius 3 is 2.37 bits per heavy atom. The molecule has 5 heteroatoms. The van der Waals surface area contributed by atoms with Crippen molar-refractivity contribution in [2.45, 2.75) is 33.9 Å². The highest BCUT2D eigenvalue weighted by molar-refractivity contribution is 6.00. The molecule has 0 fully saturated rings. The van der Waals surface area contributed by atoms with Crippen molar-refractivity contribution in [2.24, 2.45) is 5.92 Å². The number of urea groups is 1. The van der Waals surface area contributed by atoms with E-state index in [9.17, 15) is 9.59 Å². The molecule has 0 aliphatic heterocycles. The zero-order valence-electron chi connectivity index (χ0n) is 16.0. The number of anilines is 1. The van der Waals surface area contributed by atoms with Gasteiger partial charge in [-0.2, -0.15) is 0 Å². The molecule has 1 aromatic heterocycles. The standard InChI is InChI=1S/C22H25N3O2/c1-15(2)13-25-14-20(18-6-4-5-7-19(18)21(25)26)24-22(27)23-12-17-10-8-16(3)9-11-17/h4-11,14-15H,12-13H2,1-3H3,(H2,23,24,27). The smallest absolute Gasteiger partial charge is 0.319 e. The summed E-state index contributed by atoms with van der Waals surface area (Å²) in [4.78, 5) is 25.1. The van der Waals surface area contributed by atoms with Gasteiger partial charge in [0.25, 0.3) is 5.56 Å². The molecule has 0 radical (unpaired) electrons. The lowest BCUT2D eigenvalue weighted by Crippen LogP contribution is -2.30. The minimum Gasteiger partial charge on any atom is -0.334 e. The molecule has 2 amide bonds. The molecule has 3 rings (SSSR count). The van der Waals surface area contributed by atoms with Gasteiger partial charge in [-0.25, -0.2) is 4.79 Å². The van der Waals surface area contributed by atoms with Gasteiger partial charge in [-0.3, -0.25) is 4.79 Å². The molecule has 0 aliphatic rings. The zero-order valence-corrected chi connectivity index (χ0v) is 16.0. The average molecular weight is 363 g/mol. The number of nitrogens with one attached hydrogen (secondary N) is 2. The maximum absolute atomic E-state index is 12.7. The summed E-state index contributed by atoms with van der Waals surface area (Å²) in [5, 5.41) is 7.12. The Morgan fingerprint density at radius 1 is 1.04 bits per heavy atom. The molecule has 2 N–H and O–H groups in total. The monoisotopic (exact) mass is 363 g/mol. The van der Waals surface area contributed by atoms with E-state index in [4.69, 9.17) is 0 Å². The van der Waals surface area contributed by atoms with Crippen LogP contribution < -0.4 is 16.2 Å². The van der Waals surface area contributed by atoms with E-state index < -0.39 is 0 Å². The molecule has 5 nitrogen and oxygen atoms in total. The second kappa shape index (κ2) is 8.08. The van der Waals surface area contributed by atoms with Crippen LogP contribution >= 0.6 is 0 Å². The molecule has 0 spiro atoms. The van der Waals surface area contributed by atoms with Gasteiger partial charge in [0.15, 0.2) is 0 Å². The minimum atomic E-state index is -0.296. The number of carbonyl (C=O) groups is 1. The van der Waals surface area contributed by atoms with Crippen LogP contribution in [0, 0.1) is 12.8 Å². The predicted octanol–water partition coefficient (Wildman–Crippen LogP) is 4.29. The van der Waals surface area contributed by atoms with Crippen LogP contribution in [0.25, 0.3) is 10.8 Å². The lowest BCUT2D eigenvalue weighted by molar-refractivity contribution is 0.251. The Balaban J connectivity index is 1.82. The fourth-order valence-corrected chi connectivity index (χ4v) is 3.03. The van der Waals surface area contributed by atoms with Gasteiger partial charge in [0.2, 0.25) is 0 Å². The van der Waals surface area contributed by atoms with Crippen LogP contribution in [0.3, 0.4) is 0 Å². The van der Waals surface area contributed by atoms with Crippen molar-refractivity contribution in [3.8, 4) is 0 Å². The second-order valence-electron chi connectivity index (χ2n) is 7.23. The number of benzene rings is 2. The molecule has 0 saturated heterocycles. The van der Waals surface area contributed by atoms with Gasteiger partial charge < -0.3 is 15.2 Å². The third-order valence-electron chi connectivity index (χ3n) is 4.38. The molecular formula is C22H25N3O2. The highest BCUT2D eigenvalue weighted by atomic mass is 16.2. The van der Waals surface area contributed by atoms with E-state index in [1.165, 1.54) is 5.56 Å². The topological polar surface area (TPSA) is 63.1 Å². The fourth-order valence-electron chi connectivity index (χ4n) is 3.03. The van der Waals surface area contributed by atoms with E-state index in [1.54, 1.807) is 16.8 Å². The first-order valence-corrected chi connectivity index (χ1v) is 9.16. The number of nitrogens with zero attached hydrogens (tertiary/aromatic N) is 1. The van der Waals surface area contributed by atoms with Crippen LogP contribution in [-0.2, 0) is 13.1 Å². The molecule has 140 valence electrons. The summed E-state index contributed by atoms with van der Waals surface area (Å²) in [6.45, 7) is 7.19. The third-order valence-corrected chi connectivity index (χ3v) is 4.38. The Hall–Kier alpha value is -3.08. The number of carbonyl (C=O) groups excluding carboxylic acids is 1. The van der Waals surface area contributed by atoms with E-state index >= 15 is 0 Å². The fraction of sp³-hybridized carbons (Fsp3) is 0.273. The minimum absolute atomic E-state index is 0.0371. The first-order valence-electron chi connectivity index (χ1n) is 9.16. The van der Waals surface area contributed by atoms with Gasteiger partial charge in [-0.05, 0) is 24.5 Å². The van der Waals surface area contributed by atoms with Crippen molar-refractivity contribution >= 4 is 22.5 Å². The lowest BCUT2D eigenvalue weighted by atomic mass is 10.1. The number of hydrogen-bond acceptors (Lipinski definition) is 2. The number of pyridine rings is 1. The van der Waals surface area contributed by atoms with Gasteiger partial charge in [-0.1, -0.05) is 61.9 Å². The summed E-state index contributed by atoms with van der Waals surface area (Å²) in [6.07, 6.45) is 1.73. The SMILES string of the molecule is Cc1ccc(CNC(=O)Nc2cn(CC(C)C)c(=O)c3ccccc23)cc1. The molecule has 0 aliphatic carbocycles. The Morgan fingerprint density at radius 2 is 1.70 bits per heavy atom. The quantitative estimate of drug-likeness (QED) is 0.710. The number of amides is 2. The summed E-state index contributed by atoms with van der Waals surface area (Å²) in [6, 6.07) is 15.1. The van der Waals surface area contributed by atoms with Crippen LogP contribution in [0.2, 0.25) is 0 Å².